The van der Waals surface area contributed by atoms with Gasteiger partial charge in [-0.05, 0) is 65.5 Å². The van der Waals surface area contributed by atoms with Gasteiger partial charge in [-0.15, -0.1) is 0 Å². The van der Waals surface area contributed by atoms with Crippen molar-refractivity contribution in [1.82, 2.24) is 0 Å². The van der Waals surface area contributed by atoms with E-state index in [1.165, 1.54) is 18.4 Å². The monoisotopic (exact) mass is 485 g/mol. The van der Waals surface area contributed by atoms with Gasteiger partial charge in [0.25, 0.3) is 0 Å². The molecule has 1 fully saturated rings. The highest BCUT2D eigenvalue weighted by Crippen LogP contribution is 2.54. The van der Waals surface area contributed by atoms with Crippen LogP contribution in [0.1, 0.15) is 51.5 Å². The Morgan fingerprint density at radius 2 is 1.81 bits per heavy atom. The maximum atomic E-state index is 6.60. The first-order valence-electron chi connectivity index (χ1n) is 13.3. The van der Waals surface area contributed by atoms with E-state index in [9.17, 15) is 0 Å². The van der Waals surface area contributed by atoms with Gasteiger partial charge in [-0.2, -0.15) is 0 Å². The molecule has 1 saturated carbocycles. The standard InChI is InChI=1S/C31H37NO2.C2H6/c1-5-10-24(6-2)29(25-11-8-7-9-12-25)22-33-30(34-28-17-15-27(32-4)16-18-28)21-31(3)20-23-13-14-26(31)19-23;1-2/h5-18,23,26,29-30,32H,1-2,19-22H2,3-4H3;1-2H3/b24-10+;. The predicted molar refractivity (Wildman–Crippen MR) is 153 cm³/mol. The molecule has 5 atom stereocenters. The summed E-state index contributed by atoms with van der Waals surface area (Å²) in [5, 5.41) is 3.16. The molecule has 36 heavy (non-hydrogen) atoms. The average Bonchev–Trinajstić information content (AvgIpc) is 3.51. The summed E-state index contributed by atoms with van der Waals surface area (Å²) in [6.07, 6.45) is 13.5. The quantitative estimate of drug-likeness (QED) is 0.186. The van der Waals surface area contributed by atoms with E-state index in [1.54, 1.807) is 0 Å². The fourth-order valence-corrected chi connectivity index (χ4v) is 5.53. The molecule has 0 spiro atoms. The molecular formula is C33H43NO2. The van der Waals surface area contributed by atoms with Gasteiger partial charge < -0.3 is 14.8 Å². The maximum Gasteiger partial charge on any atom is 0.200 e. The second kappa shape index (κ2) is 13.3. The summed E-state index contributed by atoms with van der Waals surface area (Å²) >= 11 is 0. The van der Waals surface area contributed by atoms with Gasteiger partial charge in [-0.25, -0.2) is 0 Å². The largest absolute Gasteiger partial charge is 0.465 e. The summed E-state index contributed by atoms with van der Waals surface area (Å²) in [5.41, 5.74) is 3.54. The Kier molecular flexibility index (Phi) is 10.2. The van der Waals surface area contributed by atoms with Crippen molar-refractivity contribution in [2.75, 3.05) is 19.0 Å². The highest BCUT2D eigenvalue weighted by atomic mass is 16.7. The molecule has 5 unspecified atom stereocenters. The Morgan fingerprint density at radius 3 is 2.36 bits per heavy atom. The number of hydrogen-bond donors (Lipinski definition) is 1. The van der Waals surface area contributed by atoms with Crippen LogP contribution in [0.15, 0.2) is 104 Å². The number of hydrogen-bond acceptors (Lipinski definition) is 3. The summed E-state index contributed by atoms with van der Waals surface area (Å²) in [4.78, 5) is 0. The van der Waals surface area contributed by atoms with E-state index in [-0.39, 0.29) is 17.6 Å². The van der Waals surface area contributed by atoms with Gasteiger partial charge >= 0.3 is 0 Å². The first-order valence-corrected chi connectivity index (χ1v) is 13.3. The Morgan fingerprint density at radius 1 is 1.08 bits per heavy atom. The molecule has 2 bridgehead atoms. The van der Waals surface area contributed by atoms with E-state index in [0.29, 0.717) is 18.4 Å². The number of benzene rings is 2. The number of rotatable bonds is 12. The molecular weight excluding hydrogens is 442 g/mol. The van der Waals surface area contributed by atoms with Gasteiger partial charge in [-0.3, -0.25) is 0 Å². The lowest BCUT2D eigenvalue weighted by Gasteiger charge is -2.35. The van der Waals surface area contributed by atoms with Crippen molar-refractivity contribution in [3.05, 3.63) is 109 Å². The highest BCUT2D eigenvalue weighted by molar-refractivity contribution is 5.45. The molecule has 3 heteroatoms. The van der Waals surface area contributed by atoms with E-state index in [2.05, 4.69) is 61.8 Å². The molecule has 0 saturated heterocycles. The Hall–Kier alpha value is -3.04. The maximum absolute atomic E-state index is 6.60. The van der Waals surface area contributed by atoms with E-state index in [4.69, 9.17) is 9.47 Å². The second-order valence-corrected chi connectivity index (χ2v) is 9.77. The lowest BCUT2D eigenvalue weighted by atomic mass is 9.75. The van der Waals surface area contributed by atoms with E-state index < -0.39 is 0 Å². The molecule has 2 aromatic carbocycles. The molecule has 4 rings (SSSR count). The summed E-state index contributed by atoms with van der Waals surface area (Å²) in [6.45, 7) is 14.8. The number of allylic oxidation sites excluding steroid dienone is 5. The zero-order chi connectivity index (χ0) is 26.0. The molecule has 3 nitrogen and oxygen atoms in total. The van der Waals surface area contributed by atoms with Crippen LogP contribution < -0.4 is 10.1 Å². The number of ether oxygens (including phenoxy) is 2. The van der Waals surface area contributed by atoms with Crippen LogP contribution >= 0.6 is 0 Å². The first kappa shape index (κ1) is 27.5. The van der Waals surface area contributed by atoms with Crippen molar-refractivity contribution in [1.29, 1.82) is 0 Å². The van der Waals surface area contributed by atoms with Gasteiger partial charge in [0.15, 0.2) is 6.29 Å². The van der Waals surface area contributed by atoms with Crippen LogP contribution in [0.5, 0.6) is 5.75 Å². The van der Waals surface area contributed by atoms with Gasteiger partial charge in [0.1, 0.15) is 5.75 Å². The van der Waals surface area contributed by atoms with Crippen molar-refractivity contribution < 1.29 is 9.47 Å². The number of fused-ring (bicyclic) bond motifs is 2. The minimum atomic E-state index is -0.334. The predicted octanol–water partition coefficient (Wildman–Crippen LogP) is 8.55. The zero-order valence-electron chi connectivity index (χ0n) is 22.5. The van der Waals surface area contributed by atoms with Gasteiger partial charge in [0.2, 0.25) is 0 Å². The normalized spacial score (nSPS) is 23.8. The Labute approximate surface area is 218 Å². The molecule has 192 valence electrons. The third-order valence-corrected chi connectivity index (χ3v) is 7.44. The molecule has 0 heterocycles. The summed E-state index contributed by atoms with van der Waals surface area (Å²) in [7, 11) is 1.92. The minimum Gasteiger partial charge on any atom is -0.465 e. The average molecular weight is 486 g/mol. The molecule has 2 aliphatic carbocycles. The van der Waals surface area contributed by atoms with Crippen LogP contribution in [-0.2, 0) is 4.74 Å². The molecule has 0 aliphatic heterocycles. The van der Waals surface area contributed by atoms with E-state index in [1.807, 2.05) is 69.5 Å². The molecule has 2 aromatic rings. The molecule has 2 aliphatic rings. The number of anilines is 1. The summed E-state index contributed by atoms with van der Waals surface area (Å²) < 4.78 is 13.1. The van der Waals surface area contributed by atoms with Crippen LogP contribution in [0.2, 0.25) is 0 Å². The summed E-state index contributed by atoms with van der Waals surface area (Å²) in [5.74, 6) is 2.19. The van der Waals surface area contributed by atoms with E-state index >= 15 is 0 Å². The topological polar surface area (TPSA) is 30.5 Å². The molecule has 0 amide bonds. The smallest absolute Gasteiger partial charge is 0.200 e. The molecule has 1 N–H and O–H groups in total. The van der Waals surface area contributed by atoms with Crippen molar-refractivity contribution in [3.8, 4) is 5.75 Å². The van der Waals surface area contributed by atoms with Crippen molar-refractivity contribution >= 4 is 5.69 Å². The Balaban J connectivity index is 0.00000176. The van der Waals surface area contributed by atoms with Crippen LogP contribution in [-0.4, -0.2) is 19.9 Å². The second-order valence-electron chi connectivity index (χ2n) is 9.77. The van der Waals surface area contributed by atoms with Crippen LogP contribution in [0.3, 0.4) is 0 Å². The van der Waals surface area contributed by atoms with Gasteiger partial charge in [0, 0.05) is 25.1 Å². The molecule has 0 radical (unpaired) electrons. The van der Waals surface area contributed by atoms with Crippen LogP contribution in [0.25, 0.3) is 0 Å². The van der Waals surface area contributed by atoms with Crippen molar-refractivity contribution in [2.45, 2.75) is 52.2 Å². The van der Waals surface area contributed by atoms with Crippen LogP contribution in [0, 0.1) is 17.3 Å². The lowest BCUT2D eigenvalue weighted by Crippen LogP contribution is -2.33. The fourth-order valence-electron chi connectivity index (χ4n) is 5.53. The third-order valence-electron chi connectivity index (χ3n) is 7.44. The Bertz CT molecular complexity index is 1020. The van der Waals surface area contributed by atoms with Gasteiger partial charge in [-0.1, -0.05) is 94.6 Å². The first-order chi connectivity index (χ1) is 17.5. The zero-order valence-corrected chi connectivity index (χ0v) is 22.5. The van der Waals surface area contributed by atoms with Crippen molar-refractivity contribution in [2.24, 2.45) is 17.3 Å². The number of nitrogens with one attached hydrogen (secondary N) is 1. The van der Waals surface area contributed by atoms with Gasteiger partial charge in [0.05, 0.1) is 6.61 Å². The highest BCUT2D eigenvalue weighted by Gasteiger charge is 2.46. The minimum absolute atomic E-state index is 0.0576. The third kappa shape index (κ3) is 6.79. The molecule has 0 aromatic heterocycles. The fraction of sp³-hybridized carbons (Fsp3) is 0.394. The van der Waals surface area contributed by atoms with Crippen molar-refractivity contribution in [3.63, 3.8) is 0 Å². The summed E-state index contributed by atoms with van der Waals surface area (Å²) in [6, 6.07) is 18.5. The van der Waals surface area contributed by atoms with E-state index in [0.717, 1.165) is 23.4 Å². The van der Waals surface area contributed by atoms with Crippen LogP contribution in [0.4, 0.5) is 5.69 Å². The lowest BCUT2D eigenvalue weighted by molar-refractivity contribution is -0.108. The SMILES string of the molecule is C=C/C=C(\C=C)C(COC(CC1(C)CC2C=CC1C2)Oc1ccc(NC)cc1)c1ccccc1.CC.